The van der Waals surface area contributed by atoms with Crippen LogP contribution in [0.1, 0.15) is 18.6 Å². The highest BCUT2D eigenvalue weighted by Gasteiger charge is 2.13. The number of hydrogen-bond donors (Lipinski definition) is 2. The van der Waals surface area contributed by atoms with Crippen molar-refractivity contribution in [3.05, 3.63) is 35.4 Å². The van der Waals surface area contributed by atoms with Crippen molar-refractivity contribution < 1.29 is 5.11 Å². The first kappa shape index (κ1) is 9.23. The molecule has 1 aromatic carbocycles. The zero-order chi connectivity index (χ0) is 7.68. The molecule has 1 aromatic rings. The molecule has 1 unspecified atom stereocenters. The predicted molar refractivity (Wildman–Crippen MR) is 49.7 cm³/mol. The Morgan fingerprint density at radius 2 is 1.92 bits per heavy atom. The molecule has 0 fully saturated rings. The largest absolute Gasteiger partial charge is 0.378 e. The monoisotopic (exact) mass is 165 g/mol. The third-order valence-corrected chi connectivity index (χ3v) is 2.06. The van der Waals surface area contributed by atoms with Crippen molar-refractivity contribution in [3.63, 3.8) is 0 Å². The van der Waals surface area contributed by atoms with Crippen LogP contribution in [0.25, 0.3) is 0 Å². The van der Waals surface area contributed by atoms with Gasteiger partial charge in [0.1, 0.15) is 6.23 Å². The summed E-state index contributed by atoms with van der Waals surface area (Å²) in [7, 11) is 0. The molecule has 2 heteroatoms. The normalized spacial score (nSPS) is 20.9. The van der Waals surface area contributed by atoms with E-state index in [0.717, 1.165) is 13.0 Å². The minimum atomic E-state index is -0.357. The van der Waals surface area contributed by atoms with Crippen LogP contribution in [0, 0.1) is 0 Å². The van der Waals surface area contributed by atoms with E-state index >= 15 is 0 Å². The van der Waals surface area contributed by atoms with Gasteiger partial charge in [0.05, 0.1) is 0 Å². The minimum absolute atomic E-state index is 0. The summed E-state index contributed by atoms with van der Waals surface area (Å²) in [6, 6.07) is 8.20. The fourth-order valence-electron chi connectivity index (χ4n) is 1.44. The first-order chi connectivity index (χ1) is 5.36. The van der Waals surface area contributed by atoms with Gasteiger partial charge in [0.25, 0.3) is 0 Å². The fourth-order valence-corrected chi connectivity index (χ4v) is 1.44. The Kier molecular flexibility index (Phi) is 2.84. The zero-order valence-corrected chi connectivity index (χ0v) is 6.25. The van der Waals surface area contributed by atoms with Crippen LogP contribution in [-0.4, -0.2) is 11.3 Å². The van der Waals surface area contributed by atoms with Crippen molar-refractivity contribution in [3.8, 4) is 0 Å². The lowest BCUT2D eigenvalue weighted by Gasteiger charge is -2.21. The fraction of sp³-hybridized carbons (Fsp3) is 0.400. The number of nitrogens with one attached hydrogen (secondary N) is 1. The summed E-state index contributed by atoms with van der Waals surface area (Å²) >= 11 is 0. The summed E-state index contributed by atoms with van der Waals surface area (Å²) in [6.07, 6.45) is 0.376. The number of benzene rings is 1. The van der Waals surface area contributed by atoms with Gasteiger partial charge >= 0.3 is 0 Å². The number of aliphatic hydroxyl groups is 1. The average molecular weight is 165 g/mol. The third-order valence-electron chi connectivity index (χ3n) is 2.06. The van der Waals surface area contributed by atoms with Gasteiger partial charge in [0.2, 0.25) is 0 Å². The van der Waals surface area contributed by atoms with Crippen molar-refractivity contribution in [2.45, 2.75) is 26.6 Å². The van der Waals surface area contributed by atoms with Crippen LogP contribution < -0.4 is 5.32 Å². The van der Waals surface area contributed by atoms with Crippen LogP contribution in [0.2, 0.25) is 0 Å². The smallest absolute Gasteiger partial charge is 0.109 e. The topological polar surface area (TPSA) is 32.3 Å². The Bertz CT molecular complexity index is 260. The number of aliphatic hydroxyl groups excluding tert-OH is 1. The van der Waals surface area contributed by atoms with E-state index in [-0.39, 0.29) is 13.7 Å². The molecule has 1 heterocycles. The van der Waals surface area contributed by atoms with E-state index in [1.165, 1.54) is 11.1 Å². The molecule has 66 valence electrons. The van der Waals surface area contributed by atoms with Crippen molar-refractivity contribution in [1.82, 2.24) is 5.32 Å². The van der Waals surface area contributed by atoms with E-state index in [1.54, 1.807) is 0 Å². The van der Waals surface area contributed by atoms with Gasteiger partial charge in [-0.05, 0) is 11.1 Å². The molecule has 1 aliphatic heterocycles. The maximum Gasteiger partial charge on any atom is 0.109 e. The van der Waals surface area contributed by atoms with Gasteiger partial charge in [-0.3, -0.25) is 5.32 Å². The maximum absolute atomic E-state index is 9.24. The lowest BCUT2D eigenvalue weighted by Crippen LogP contribution is -2.34. The summed E-state index contributed by atoms with van der Waals surface area (Å²) in [5.74, 6) is 0. The van der Waals surface area contributed by atoms with Crippen LogP contribution in [0.15, 0.2) is 24.3 Å². The molecule has 1 aliphatic rings. The Morgan fingerprint density at radius 3 is 2.67 bits per heavy atom. The Hall–Kier alpha value is -0.860. The molecule has 1 atom stereocenters. The van der Waals surface area contributed by atoms with Crippen molar-refractivity contribution >= 4 is 0 Å². The molecular formula is C10H15NO. The van der Waals surface area contributed by atoms with Gasteiger partial charge in [0.15, 0.2) is 0 Å². The van der Waals surface area contributed by atoms with Gasteiger partial charge in [-0.2, -0.15) is 0 Å². The Balaban J connectivity index is 0.000000720. The Labute approximate surface area is 73.2 Å². The molecule has 0 amide bonds. The molecule has 0 bridgehead atoms. The molecule has 0 aliphatic carbocycles. The van der Waals surface area contributed by atoms with Crippen molar-refractivity contribution in [1.29, 1.82) is 0 Å². The molecule has 2 rings (SSSR count). The van der Waals surface area contributed by atoms with Crippen LogP contribution in [-0.2, 0) is 13.0 Å². The highest BCUT2D eigenvalue weighted by Crippen LogP contribution is 2.14. The summed E-state index contributed by atoms with van der Waals surface area (Å²) in [5, 5.41) is 12.2. The van der Waals surface area contributed by atoms with Gasteiger partial charge in [0, 0.05) is 13.0 Å². The predicted octanol–water partition coefficient (Wildman–Crippen LogP) is 1.29. The molecule has 0 saturated heterocycles. The lowest BCUT2D eigenvalue weighted by atomic mass is 10.0. The van der Waals surface area contributed by atoms with E-state index in [9.17, 15) is 5.11 Å². The summed E-state index contributed by atoms with van der Waals surface area (Å²) in [5.41, 5.74) is 2.57. The number of hydrogen-bond acceptors (Lipinski definition) is 2. The van der Waals surface area contributed by atoms with Crippen molar-refractivity contribution in [2.24, 2.45) is 0 Å². The first-order valence-corrected chi connectivity index (χ1v) is 3.84. The second-order valence-electron chi connectivity index (χ2n) is 2.87. The molecule has 0 spiro atoms. The summed E-state index contributed by atoms with van der Waals surface area (Å²) in [4.78, 5) is 0. The molecule has 0 radical (unpaired) electrons. The first-order valence-electron chi connectivity index (χ1n) is 3.84. The second kappa shape index (κ2) is 3.70. The molecule has 2 nitrogen and oxygen atoms in total. The molecule has 0 saturated carbocycles. The summed E-state index contributed by atoms with van der Waals surface area (Å²) in [6.45, 7) is 0.789. The van der Waals surface area contributed by atoms with Crippen LogP contribution in [0.4, 0.5) is 0 Å². The lowest BCUT2D eigenvalue weighted by molar-refractivity contribution is 0.128. The van der Waals surface area contributed by atoms with Crippen molar-refractivity contribution in [2.75, 3.05) is 0 Å². The number of rotatable bonds is 0. The molecular weight excluding hydrogens is 150 g/mol. The van der Waals surface area contributed by atoms with Gasteiger partial charge in [-0.25, -0.2) is 0 Å². The van der Waals surface area contributed by atoms with Crippen LogP contribution in [0.3, 0.4) is 0 Å². The SMILES string of the molecule is C.OC1Cc2ccccc2CN1. The Morgan fingerprint density at radius 1 is 1.25 bits per heavy atom. The molecule has 0 aromatic heterocycles. The standard InChI is InChI=1S/C9H11NO.CH4/c11-9-5-7-3-1-2-4-8(7)6-10-9;/h1-4,9-11H,5-6H2;1H4. The molecule has 2 N–H and O–H groups in total. The minimum Gasteiger partial charge on any atom is -0.378 e. The summed E-state index contributed by atoms with van der Waals surface area (Å²) < 4.78 is 0. The van der Waals surface area contributed by atoms with Gasteiger partial charge in [-0.15, -0.1) is 0 Å². The third kappa shape index (κ3) is 1.65. The van der Waals surface area contributed by atoms with E-state index < -0.39 is 0 Å². The van der Waals surface area contributed by atoms with Crippen LogP contribution in [0.5, 0.6) is 0 Å². The highest BCUT2D eigenvalue weighted by molar-refractivity contribution is 5.29. The maximum atomic E-state index is 9.24. The average Bonchev–Trinajstić information content (AvgIpc) is 2.04. The highest BCUT2D eigenvalue weighted by atomic mass is 16.3. The van der Waals surface area contributed by atoms with E-state index in [0.29, 0.717) is 0 Å². The van der Waals surface area contributed by atoms with Gasteiger partial charge < -0.3 is 5.11 Å². The zero-order valence-electron chi connectivity index (χ0n) is 6.25. The van der Waals surface area contributed by atoms with Crippen LogP contribution >= 0.6 is 0 Å². The van der Waals surface area contributed by atoms with E-state index in [2.05, 4.69) is 17.4 Å². The van der Waals surface area contributed by atoms with E-state index in [4.69, 9.17) is 0 Å². The van der Waals surface area contributed by atoms with Gasteiger partial charge in [-0.1, -0.05) is 31.7 Å². The molecule has 12 heavy (non-hydrogen) atoms. The second-order valence-corrected chi connectivity index (χ2v) is 2.87. The van der Waals surface area contributed by atoms with E-state index in [1.807, 2.05) is 12.1 Å². The number of fused-ring (bicyclic) bond motifs is 1. The quantitative estimate of drug-likeness (QED) is 0.607.